The molecule has 0 radical (unpaired) electrons. The Morgan fingerprint density at radius 2 is 2.04 bits per heavy atom. The lowest BCUT2D eigenvalue weighted by molar-refractivity contribution is -0.140. The number of nitrogens with zero attached hydrogens (tertiary/aromatic N) is 3. The predicted molar refractivity (Wildman–Crippen MR) is 87.5 cm³/mol. The largest absolute Gasteiger partial charge is 0.481 e. The molecule has 1 N–H and O–H groups in total. The third-order valence-electron chi connectivity index (χ3n) is 4.33. The van der Waals surface area contributed by atoms with Crippen LogP contribution < -0.4 is 0 Å². The number of carboxylic acid groups (broad SMARTS) is 1. The van der Waals surface area contributed by atoms with Crippen LogP contribution in [-0.4, -0.2) is 44.6 Å². The van der Waals surface area contributed by atoms with Crippen LogP contribution in [0.4, 0.5) is 0 Å². The molecule has 1 aromatic rings. The zero-order valence-electron chi connectivity index (χ0n) is 14.7. The van der Waals surface area contributed by atoms with E-state index in [0.29, 0.717) is 37.5 Å². The number of rotatable bonds is 6. The van der Waals surface area contributed by atoms with Crippen LogP contribution in [0, 0.1) is 0 Å². The number of aryl methyl sites for hydroxylation is 1. The van der Waals surface area contributed by atoms with Crippen molar-refractivity contribution in [3.05, 3.63) is 11.7 Å². The molecule has 1 atom stereocenters. The molecule has 1 amide bonds. The smallest absolute Gasteiger partial charge is 0.303 e. The maximum atomic E-state index is 12.5. The topological polar surface area (TPSA) is 96.5 Å². The minimum atomic E-state index is -0.812. The Labute approximate surface area is 142 Å². The minimum Gasteiger partial charge on any atom is -0.481 e. The Hall–Kier alpha value is -1.92. The van der Waals surface area contributed by atoms with Crippen molar-refractivity contribution < 1.29 is 19.2 Å². The standard InChI is InChI=1S/C17H27N3O4/c1-17(2,3)16-18-13(24-19-16)8-9-14(21)20-11-5-4-6-12(20)7-10-15(22)23/h12H,4-11H2,1-3H3,(H,22,23)/t12-/m0/s1. The highest BCUT2D eigenvalue weighted by Gasteiger charge is 2.27. The van der Waals surface area contributed by atoms with Gasteiger partial charge < -0.3 is 14.5 Å². The van der Waals surface area contributed by atoms with Crippen LogP contribution in [0.2, 0.25) is 0 Å². The van der Waals surface area contributed by atoms with Crippen molar-refractivity contribution in [2.75, 3.05) is 6.54 Å². The summed E-state index contributed by atoms with van der Waals surface area (Å²) in [5.74, 6) is 0.351. The van der Waals surface area contributed by atoms with E-state index in [1.807, 2.05) is 25.7 Å². The van der Waals surface area contributed by atoms with Crippen LogP contribution in [0.1, 0.15) is 71.0 Å². The summed E-state index contributed by atoms with van der Waals surface area (Å²) in [6, 6.07) is 0.0372. The lowest BCUT2D eigenvalue weighted by atomic mass is 9.96. The lowest BCUT2D eigenvalue weighted by Crippen LogP contribution is -2.44. The zero-order chi connectivity index (χ0) is 17.7. The molecule has 1 aliphatic heterocycles. The fraction of sp³-hybridized carbons (Fsp3) is 0.765. The molecular formula is C17H27N3O4. The van der Waals surface area contributed by atoms with Crippen molar-refractivity contribution >= 4 is 11.9 Å². The lowest BCUT2D eigenvalue weighted by Gasteiger charge is -2.35. The normalized spacial score (nSPS) is 18.6. The minimum absolute atomic E-state index is 0.0372. The second kappa shape index (κ2) is 7.77. The van der Waals surface area contributed by atoms with Crippen molar-refractivity contribution in [2.24, 2.45) is 0 Å². The van der Waals surface area contributed by atoms with Gasteiger partial charge in [0.15, 0.2) is 5.82 Å². The van der Waals surface area contributed by atoms with E-state index in [1.165, 1.54) is 0 Å². The van der Waals surface area contributed by atoms with E-state index in [2.05, 4.69) is 10.1 Å². The van der Waals surface area contributed by atoms with Crippen LogP contribution in [0.5, 0.6) is 0 Å². The highest BCUT2D eigenvalue weighted by Crippen LogP contribution is 2.23. The first-order chi connectivity index (χ1) is 11.3. The van der Waals surface area contributed by atoms with Crippen molar-refractivity contribution in [1.82, 2.24) is 15.0 Å². The third kappa shape index (κ3) is 5.04. The quantitative estimate of drug-likeness (QED) is 0.857. The summed E-state index contributed by atoms with van der Waals surface area (Å²) in [5.41, 5.74) is -0.180. The Bertz CT molecular complexity index is 577. The van der Waals surface area contributed by atoms with Gasteiger partial charge in [-0.05, 0) is 25.7 Å². The van der Waals surface area contributed by atoms with E-state index >= 15 is 0 Å². The number of piperidine rings is 1. The van der Waals surface area contributed by atoms with Gasteiger partial charge in [0.1, 0.15) is 0 Å². The van der Waals surface area contributed by atoms with Crippen LogP contribution in [0.15, 0.2) is 4.52 Å². The maximum absolute atomic E-state index is 12.5. The van der Waals surface area contributed by atoms with E-state index in [1.54, 1.807) is 0 Å². The first-order valence-electron chi connectivity index (χ1n) is 8.61. The molecular weight excluding hydrogens is 310 g/mol. The van der Waals surface area contributed by atoms with Gasteiger partial charge in [-0.3, -0.25) is 9.59 Å². The van der Waals surface area contributed by atoms with Gasteiger partial charge >= 0.3 is 5.97 Å². The molecule has 1 aliphatic rings. The Morgan fingerprint density at radius 1 is 1.29 bits per heavy atom. The first kappa shape index (κ1) is 18.4. The molecule has 1 aromatic heterocycles. The summed E-state index contributed by atoms with van der Waals surface area (Å²) in [6.07, 6.45) is 4.27. The van der Waals surface area contributed by atoms with Gasteiger partial charge in [-0.2, -0.15) is 4.98 Å². The number of amides is 1. The monoisotopic (exact) mass is 337 g/mol. The summed E-state index contributed by atoms with van der Waals surface area (Å²) in [5, 5.41) is 12.8. The zero-order valence-corrected chi connectivity index (χ0v) is 14.7. The SMILES string of the molecule is CC(C)(C)c1noc(CCC(=O)N2CCCC[C@H]2CCC(=O)O)n1. The molecule has 1 fully saturated rings. The van der Waals surface area contributed by atoms with Gasteiger partial charge in [-0.25, -0.2) is 0 Å². The maximum Gasteiger partial charge on any atom is 0.303 e. The Balaban J connectivity index is 1.90. The van der Waals surface area contributed by atoms with Crippen LogP contribution in [0.25, 0.3) is 0 Å². The molecule has 0 aromatic carbocycles. The van der Waals surface area contributed by atoms with E-state index in [4.69, 9.17) is 9.63 Å². The second-order valence-corrected chi connectivity index (χ2v) is 7.43. The van der Waals surface area contributed by atoms with Gasteiger partial charge in [-0.15, -0.1) is 0 Å². The number of aromatic nitrogens is 2. The Kier molecular flexibility index (Phi) is 5.96. The number of carbonyl (C=O) groups is 2. The number of aliphatic carboxylic acids is 1. The van der Waals surface area contributed by atoms with Crippen molar-refractivity contribution in [2.45, 2.75) is 77.2 Å². The molecule has 24 heavy (non-hydrogen) atoms. The van der Waals surface area contributed by atoms with Gasteiger partial charge in [0.2, 0.25) is 11.8 Å². The van der Waals surface area contributed by atoms with Gasteiger partial charge in [0, 0.05) is 37.3 Å². The fourth-order valence-electron chi connectivity index (χ4n) is 2.94. The van der Waals surface area contributed by atoms with Gasteiger partial charge in [0.25, 0.3) is 0 Å². The van der Waals surface area contributed by atoms with E-state index < -0.39 is 5.97 Å². The highest BCUT2D eigenvalue weighted by molar-refractivity contribution is 5.77. The van der Waals surface area contributed by atoms with Crippen molar-refractivity contribution in [1.29, 1.82) is 0 Å². The van der Waals surface area contributed by atoms with Crippen molar-refractivity contribution in [3.63, 3.8) is 0 Å². The third-order valence-corrected chi connectivity index (χ3v) is 4.33. The van der Waals surface area contributed by atoms with E-state index in [0.717, 1.165) is 19.3 Å². The molecule has 0 bridgehead atoms. The van der Waals surface area contributed by atoms with Crippen LogP contribution in [0.3, 0.4) is 0 Å². The molecule has 7 heteroatoms. The van der Waals surface area contributed by atoms with Crippen LogP contribution >= 0.6 is 0 Å². The number of hydrogen-bond donors (Lipinski definition) is 1. The number of hydrogen-bond acceptors (Lipinski definition) is 5. The number of likely N-dealkylation sites (tertiary alicyclic amines) is 1. The molecule has 134 valence electrons. The highest BCUT2D eigenvalue weighted by atomic mass is 16.5. The molecule has 0 spiro atoms. The van der Waals surface area contributed by atoms with Gasteiger partial charge in [-0.1, -0.05) is 25.9 Å². The average Bonchev–Trinajstić information content (AvgIpc) is 3.00. The molecule has 2 rings (SSSR count). The molecule has 0 aliphatic carbocycles. The summed E-state index contributed by atoms with van der Waals surface area (Å²) in [7, 11) is 0. The number of carboxylic acids is 1. The van der Waals surface area contributed by atoms with Crippen LogP contribution in [-0.2, 0) is 21.4 Å². The predicted octanol–water partition coefficient (Wildman–Crippen LogP) is 2.55. The number of carbonyl (C=O) groups excluding carboxylic acids is 1. The first-order valence-corrected chi connectivity index (χ1v) is 8.61. The summed E-state index contributed by atoms with van der Waals surface area (Å²) in [4.78, 5) is 29.5. The summed E-state index contributed by atoms with van der Waals surface area (Å²) in [6.45, 7) is 6.73. The molecule has 7 nitrogen and oxygen atoms in total. The fourth-order valence-corrected chi connectivity index (χ4v) is 2.94. The van der Waals surface area contributed by atoms with Crippen molar-refractivity contribution in [3.8, 4) is 0 Å². The average molecular weight is 337 g/mol. The van der Waals surface area contributed by atoms with E-state index in [9.17, 15) is 9.59 Å². The summed E-state index contributed by atoms with van der Waals surface area (Å²) >= 11 is 0. The molecule has 0 saturated carbocycles. The molecule has 1 saturated heterocycles. The Morgan fingerprint density at radius 3 is 2.67 bits per heavy atom. The second-order valence-electron chi connectivity index (χ2n) is 7.43. The van der Waals surface area contributed by atoms with E-state index in [-0.39, 0.29) is 23.8 Å². The van der Waals surface area contributed by atoms with Gasteiger partial charge in [0.05, 0.1) is 0 Å². The molecule has 2 heterocycles. The molecule has 0 unspecified atom stereocenters. The summed E-state index contributed by atoms with van der Waals surface area (Å²) < 4.78 is 5.23.